The summed E-state index contributed by atoms with van der Waals surface area (Å²) in [6, 6.07) is 24.6. The van der Waals surface area contributed by atoms with E-state index in [1.165, 1.54) is 6.07 Å². The summed E-state index contributed by atoms with van der Waals surface area (Å²) in [7, 11) is 1.67. The van der Waals surface area contributed by atoms with Crippen LogP contribution in [0.2, 0.25) is 5.02 Å². The minimum Gasteiger partial charge on any atom is -0.496 e. The fourth-order valence-electron chi connectivity index (χ4n) is 3.62. The number of halogens is 2. The van der Waals surface area contributed by atoms with Crippen LogP contribution in [0.3, 0.4) is 0 Å². The van der Waals surface area contributed by atoms with Crippen LogP contribution >= 0.6 is 11.6 Å². The standard InChI is InChI=1S/C26H23ClFNO2/c1-30-25-12-5-3-8-19(25)15-29-16-21-20-9-4-2-7-18(20)13-14-26(21)31-17-22-23(27)10-6-11-24(22)28/h2-14,29H,15-17H2,1H3. The molecular weight excluding hydrogens is 413 g/mol. The molecule has 0 aliphatic rings. The number of benzene rings is 4. The van der Waals surface area contributed by atoms with Gasteiger partial charge in [-0.05, 0) is 35.0 Å². The fourth-order valence-corrected chi connectivity index (χ4v) is 3.84. The average molecular weight is 436 g/mol. The Balaban J connectivity index is 1.58. The summed E-state index contributed by atoms with van der Waals surface area (Å²) in [6.07, 6.45) is 0. The molecule has 0 heterocycles. The van der Waals surface area contributed by atoms with Crippen molar-refractivity contribution in [2.45, 2.75) is 19.7 Å². The first-order valence-corrected chi connectivity index (χ1v) is 10.4. The van der Waals surface area contributed by atoms with E-state index in [4.69, 9.17) is 21.1 Å². The van der Waals surface area contributed by atoms with Gasteiger partial charge in [0.2, 0.25) is 0 Å². The Kier molecular flexibility index (Phi) is 6.70. The van der Waals surface area contributed by atoms with Crippen LogP contribution in [0.5, 0.6) is 11.5 Å². The number of rotatable bonds is 8. The van der Waals surface area contributed by atoms with Gasteiger partial charge in [-0.15, -0.1) is 0 Å². The second kappa shape index (κ2) is 9.82. The van der Waals surface area contributed by atoms with Crippen molar-refractivity contribution in [2.24, 2.45) is 0 Å². The van der Waals surface area contributed by atoms with Gasteiger partial charge in [0.25, 0.3) is 0 Å². The molecule has 0 spiro atoms. The van der Waals surface area contributed by atoms with Crippen molar-refractivity contribution in [2.75, 3.05) is 7.11 Å². The van der Waals surface area contributed by atoms with Crippen molar-refractivity contribution >= 4 is 22.4 Å². The molecule has 31 heavy (non-hydrogen) atoms. The van der Waals surface area contributed by atoms with Crippen LogP contribution < -0.4 is 14.8 Å². The first kappa shape index (κ1) is 21.2. The third-order valence-corrected chi connectivity index (χ3v) is 5.60. The molecule has 158 valence electrons. The van der Waals surface area contributed by atoms with E-state index < -0.39 is 0 Å². The number of para-hydroxylation sites is 1. The summed E-state index contributed by atoms with van der Waals surface area (Å²) < 4.78 is 25.7. The van der Waals surface area contributed by atoms with E-state index in [0.717, 1.165) is 27.6 Å². The summed E-state index contributed by atoms with van der Waals surface area (Å²) >= 11 is 6.17. The molecule has 0 saturated heterocycles. The highest BCUT2D eigenvalue weighted by atomic mass is 35.5. The van der Waals surface area contributed by atoms with Crippen LogP contribution in [0.25, 0.3) is 10.8 Å². The molecule has 0 aromatic heterocycles. The molecule has 5 heteroatoms. The maximum atomic E-state index is 14.2. The summed E-state index contributed by atoms with van der Waals surface area (Å²) in [4.78, 5) is 0. The second-order valence-electron chi connectivity index (χ2n) is 7.17. The molecule has 0 saturated carbocycles. The lowest BCUT2D eigenvalue weighted by Gasteiger charge is -2.16. The monoisotopic (exact) mass is 435 g/mol. The van der Waals surface area contributed by atoms with E-state index in [1.807, 2.05) is 48.5 Å². The van der Waals surface area contributed by atoms with Gasteiger partial charge < -0.3 is 14.8 Å². The third-order valence-electron chi connectivity index (χ3n) is 5.24. The molecule has 1 N–H and O–H groups in total. The Morgan fingerprint density at radius 3 is 2.45 bits per heavy atom. The number of hydrogen-bond donors (Lipinski definition) is 1. The highest BCUT2D eigenvalue weighted by Crippen LogP contribution is 2.30. The maximum Gasteiger partial charge on any atom is 0.131 e. The predicted octanol–water partition coefficient (Wildman–Crippen LogP) is 6.51. The van der Waals surface area contributed by atoms with Crippen molar-refractivity contribution in [3.05, 3.63) is 106 Å². The van der Waals surface area contributed by atoms with Gasteiger partial charge in [0.15, 0.2) is 0 Å². The number of ether oxygens (including phenoxy) is 2. The van der Waals surface area contributed by atoms with Gasteiger partial charge in [-0.1, -0.05) is 66.2 Å². The number of fused-ring (bicyclic) bond motifs is 1. The number of nitrogens with one attached hydrogen (secondary N) is 1. The largest absolute Gasteiger partial charge is 0.496 e. The van der Waals surface area contributed by atoms with E-state index in [0.29, 0.717) is 29.4 Å². The summed E-state index contributed by atoms with van der Waals surface area (Å²) in [5, 5.41) is 6.05. The van der Waals surface area contributed by atoms with Crippen molar-refractivity contribution in [1.29, 1.82) is 0 Å². The highest BCUT2D eigenvalue weighted by molar-refractivity contribution is 6.31. The van der Waals surface area contributed by atoms with E-state index >= 15 is 0 Å². The van der Waals surface area contributed by atoms with E-state index in [1.54, 1.807) is 19.2 Å². The van der Waals surface area contributed by atoms with Gasteiger partial charge in [-0.2, -0.15) is 0 Å². The van der Waals surface area contributed by atoms with Crippen molar-refractivity contribution in [1.82, 2.24) is 5.32 Å². The average Bonchev–Trinajstić information content (AvgIpc) is 2.80. The minimum absolute atomic E-state index is 0.0589. The molecule has 0 amide bonds. The first-order valence-electron chi connectivity index (χ1n) is 10.1. The van der Waals surface area contributed by atoms with Gasteiger partial charge in [-0.25, -0.2) is 4.39 Å². The molecule has 4 aromatic rings. The normalized spacial score (nSPS) is 10.9. The Labute approximate surface area is 186 Å². The van der Waals surface area contributed by atoms with E-state index in [9.17, 15) is 4.39 Å². The Morgan fingerprint density at radius 1 is 0.806 bits per heavy atom. The van der Waals surface area contributed by atoms with Gasteiger partial charge in [-0.3, -0.25) is 0 Å². The van der Waals surface area contributed by atoms with Crippen LogP contribution in [0.4, 0.5) is 4.39 Å². The highest BCUT2D eigenvalue weighted by Gasteiger charge is 2.12. The van der Waals surface area contributed by atoms with Crippen LogP contribution in [-0.2, 0) is 19.7 Å². The van der Waals surface area contributed by atoms with Gasteiger partial charge in [0.1, 0.15) is 23.9 Å². The van der Waals surface area contributed by atoms with Crippen LogP contribution in [0.1, 0.15) is 16.7 Å². The molecule has 0 bridgehead atoms. The molecule has 0 fully saturated rings. The SMILES string of the molecule is COc1ccccc1CNCc1c(OCc2c(F)cccc2Cl)ccc2ccccc12. The van der Waals surface area contributed by atoms with Crippen molar-refractivity contribution in [3.63, 3.8) is 0 Å². The molecule has 0 aliphatic heterocycles. The molecule has 0 atom stereocenters. The Bertz CT molecular complexity index is 1170. The number of methoxy groups -OCH3 is 1. The van der Waals surface area contributed by atoms with Crippen LogP contribution in [0, 0.1) is 5.82 Å². The van der Waals surface area contributed by atoms with Crippen LogP contribution in [0.15, 0.2) is 78.9 Å². The summed E-state index contributed by atoms with van der Waals surface area (Å²) in [6.45, 7) is 1.29. The zero-order valence-electron chi connectivity index (χ0n) is 17.2. The molecule has 3 nitrogen and oxygen atoms in total. The van der Waals surface area contributed by atoms with Crippen molar-refractivity contribution in [3.8, 4) is 11.5 Å². The van der Waals surface area contributed by atoms with Gasteiger partial charge >= 0.3 is 0 Å². The summed E-state index contributed by atoms with van der Waals surface area (Å²) in [5.74, 6) is 1.17. The zero-order chi connectivity index (χ0) is 21.6. The third kappa shape index (κ3) is 4.82. The molecule has 0 aliphatic carbocycles. The topological polar surface area (TPSA) is 30.5 Å². The molecule has 0 radical (unpaired) electrons. The van der Waals surface area contributed by atoms with Gasteiger partial charge in [0.05, 0.1) is 12.1 Å². The molecule has 0 unspecified atom stereocenters. The minimum atomic E-state index is -0.371. The van der Waals surface area contributed by atoms with E-state index in [-0.39, 0.29) is 12.4 Å². The quantitative estimate of drug-likeness (QED) is 0.342. The van der Waals surface area contributed by atoms with Gasteiger partial charge in [0, 0.05) is 29.8 Å². The Hall–Kier alpha value is -3.08. The molecule has 4 rings (SSSR count). The lowest BCUT2D eigenvalue weighted by molar-refractivity contribution is 0.296. The van der Waals surface area contributed by atoms with E-state index in [2.05, 4.69) is 17.4 Å². The lowest BCUT2D eigenvalue weighted by Crippen LogP contribution is -2.15. The Morgan fingerprint density at radius 2 is 1.61 bits per heavy atom. The lowest BCUT2D eigenvalue weighted by atomic mass is 10.0. The summed E-state index contributed by atoms with van der Waals surface area (Å²) in [5.41, 5.74) is 2.44. The van der Waals surface area contributed by atoms with Crippen LogP contribution in [-0.4, -0.2) is 7.11 Å². The zero-order valence-corrected chi connectivity index (χ0v) is 18.0. The molecular formula is C26H23ClFNO2. The first-order chi connectivity index (χ1) is 15.2. The predicted molar refractivity (Wildman–Crippen MR) is 123 cm³/mol. The smallest absolute Gasteiger partial charge is 0.131 e. The number of hydrogen-bond acceptors (Lipinski definition) is 3. The molecule has 4 aromatic carbocycles. The maximum absolute atomic E-state index is 14.2. The van der Waals surface area contributed by atoms with Crippen molar-refractivity contribution < 1.29 is 13.9 Å². The second-order valence-corrected chi connectivity index (χ2v) is 7.57. The fraction of sp³-hybridized carbons (Fsp3) is 0.154.